The summed E-state index contributed by atoms with van der Waals surface area (Å²) in [5.41, 5.74) is 3.32. The van der Waals surface area contributed by atoms with Crippen LogP contribution in [0.4, 0.5) is 4.39 Å². The molecule has 6 heteroatoms. The van der Waals surface area contributed by atoms with Crippen molar-refractivity contribution >= 4 is 11.6 Å². The standard InChI is InChI=1S/C17H15ClFN3O/c1-11-2-7-14(19)16(17(11)18)15-9-22(21-20-15)8-12-3-5-13(10-23)6-4-12/h2-7,9,23H,8,10H2,1H3. The molecule has 4 nitrogen and oxygen atoms in total. The number of aliphatic hydroxyl groups excluding tert-OH is 1. The molecule has 0 unspecified atom stereocenters. The van der Waals surface area contributed by atoms with Gasteiger partial charge in [-0.2, -0.15) is 0 Å². The molecule has 3 aromatic rings. The molecule has 0 saturated carbocycles. The molecule has 118 valence electrons. The molecule has 3 rings (SSSR count). The molecule has 0 aliphatic rings. The monoisotopic (exact) mass is 331 g/mol. The highest BCUT2D eigenvalue weighted by Gasteiger charge is 2.15. The van der Waals surface area contributed by atoms with Crippen molar-refractivity contribution in [1.82, 2.24) is 15.0 Å². The zero-order valence-corrected chi connectivity index (χ0v) is 13.3. The lowest BCUT2D eigenvalue weighted by atomic mass is 10.1. The lowest BCUT2D eigenvalue weighted by Gasteiger charge is -2.05. The van der Waals surface area contributed by atoms with Gasteiger partial charge >= 0.3 is 0 Å². The number of aliphatic hydroxyl groups is 1. The van der Waals surface area contributed by atoms with Gasteiger partial charge in [-0.05, 0) is 29.7 Å². The van der Waals surface area contributed by atoms with E-state index in [1.54, 1.807) is 16.9 Å². The van der Waals surface area contributed by atoms with Gasteiger partial charge in [0.25, 0.3) is 0 Å². The van der Waals surface area contributed by atoms with Gasteiger partial charge in [-0.1, -0.05) is 47.1 Å². The third kappa shape index (κ3) is 3.25. The van der Waals surface area contributed by atoms with Gasteiger partial charge < -0.3 is 5.11 Å². The van der Waals surface area contributed by atoms with E-state index in [0.717, 1.165) is 16.7 Å². The van der Waals surface area contributed by atoms with E-state index in [1.807, 2.05) is 31.2 Å². The number of aromatic nitrogens is 3. The fraction of sp³-hybridized carbons (Fsp3) is 0.176. The first-order chi connectivity index (χ1) is 11.1. The Morgan fingerprint density at radius 2 is 1.83 bits per heavy atom. The number of hydrogen-bond donors (Lipinski definition) is 1. The van der Waals surface area contributed by atoms with E-state index < -0.39 is 5.82 Å². The minimum atomic E-state index is -0.417. The van der Waals surface area contributed by atoms with Crippen molar-refractivity contribution in [3.63, 3.8) is 0 Å². The van der Waals surface area contributed by atoms with Crippen LogP contribution in [0.25, 0.3) is 11.3 Å². The van der Waals surface area contributed by atoms with Crippen LogP contribution in [0, 0.1) is 12.7 Å². The fourth-order valence-corrected chi connectivity index (χ4v) is 2.57. The number of nitrogens with zero attached hydrogens (tertiary/aromatic N) is 3. The summed E-state index contributed by atoms with van der Waals surface area (Å²) in [6.07, 6.45) is 1.67. The first kappa shape index (κ1) is 15.6. The van der Waals surface area contributed by atoms with Crippen LogP contribution in [-0.2, 0) is 13.2 Å². The van der Waals surface area contributed by atoms with E-state index in [9.17, 15) is 4.39 Å². The molecule has 2 aromatic carbocycles. The van der Waals surface area contributed by atoms with Crippen LogP contribution in [0.15, 0.2) is 42.6 Å². The van der Waals surface area contributed by atoms with Gasteiger partial charge in [0, 0.05) is 0 Å². The summed E-state index contributed by atoms with van der Waals surface area (Å²) in [6, 6.07) is 10.5. The number of rotatable bonds is 4. The average Bonchev–Trinajstić information content (AvgIpc) is 3.00. The highest BCUT2D eigenvalue weighted by molar-refractivity contribution is 6.34. The molecule has 0 radical (unpaired) electrons. The van der Waals surface area contributed by atoms with E-state index in [4.69, 9.17) is 16.7 Å². The first-order valence-electron chi connectivity index (χ1n) is 7.12. The minimum Gasteiger partial charge on any atom is -0.392 e. The summed E-state index contributed by atoms with van der Waals surface area (Å²) in [7, 11) is 0. The first-order valence-corrected chi connectivity index (χ1v) is 7.50. The number of benzene rings is 2. The van der Waals surface area contributed by atoms with Gasteiger partial charge in [-0.25, -0.2) is 9.07 Å². The zero-order chi connectivity index (χ0) is 16.4. The molecule has 1 heterocycles. The van der Waals surface area contributed by atoms with E-state index >= 15 is 0 Å². The topological polar surface area (TPSA) is 50.9 Å². The van der Waals surface area contributed by atoms with E-state index in [0.29, 0.717) is 17.3 Å². The molecule has 1 aromatic heterocycles. The van der Waals surface area contributed by atoms with Crippen molar-refractivity contribution in [1.29, 1.82) is 0 Å². The summed E-state index contributed by atoms with van der Waals surface area (Å²) in [5, 5.41) is 17.5. The van der Waals surface area contributed by atoms with E-state index in [-0.39, 0.29) is 12.2 Å². The van der Waals surface area contributed by atoms with Crippen molar-refractivity contribution in [2.45, 2.75) is 20.1 Å². The predicted octanol–water partition coefficient (Wildman–Crippen LogP) is 3.59. The maximum absolute atomic E-state index is 14.1. The van der Waals surface area contributed by atoms with E-state index in [2.05, 4.69) is 10.3 Å². The summed E-state index contributed by atoms with van der Waals surface area (Å²) in [6.45, 7) is 2.33. The molecule has 23 heavy (non-hydrogen) atoms. The van der Waals surface area contributed by atoms with Gasteiger partial charge in [0.05, 0.1) is 29.9 Å². The molecule has 0 aliphatic carbocycles. The molecule has 1 N–H and O–H groups in total. The number of hydrogen-bond acceptors (Lipinski definition) is 3. The van der Waals surface area contributed by atoms with Gasteiger partial charge in [-0.3, -0.25) is 0 Å². The Labute approximate surface area is 138 Å². The second-order valence-corrected chi connectivity index (χ2v) is 5.71. The van der Waals surface area contributed by atoms with Crippen molar-refractivity contribution in [3.05, 3.63) is 70.1 Å². The minimum absolute atomic E-state index is 0.0128. The third-order valence-corrected chi connectivity index (χ3v) is 4.12. The second-order valence-electron chi connectivity index (χ2n) is 5.33. The Morgan fingerprint density at radius 3 is 2.52 bits per heavy atom. The smallest absolute Gasteiger partial charge is 0.134 e. The van der Waals surface area contributed by atoms with E-state index in [1.165, 1.54) is 6.07 Å². The van der Waals surface area contributed by atoms with Crippen molar-refractivity contribution in [2.24, 2.45) is 0 Å². The summed E-state index contributed by atoms with van der Waals surface area (Å²) in [5.74, 6) is -0.417. The highest BCUT2D eigenvalue weighted by atomic mass is 35.5. The fourth-order valence-electron chi connectivity index (χ4n) is 2.32. The van der Waals surface area contributed by atoms with Crippen molar-refractivity contribution < 1.29 is 9.50 Å². The Balaban J connectivity index is 1.87. The third-order valence-electron chi connectivity index (χ3n) is 3.63. The predicted molar refractivity (Wildman–Crippen MR) is 86.6 cm³/mol. The lowest BCUT2D eigenvalue weighted by molar-refractivity contribution is 0.282. The molecule has 0 bridgehead atoms. The highest BCUT2D eigenvalue weighted by Crippen LogP contribution is 2.31. The van der Waals surface area contributed by atoms with Crippen LogP contribution in [0.2, 0.25) is 5.02 Å². The van der Waals surface area contributed by atoms with Crippen LogP contribution >= 0.6 is 11.6 Å². The van der Waals surface area contributed by atoms with Crippen molar-refractivity contribution in [3.8, 4) is 11.3 Å². The number of halogens is 2. The number of aryl methyl sites for hydroxylation is 1. The van der Waals surface area contributed by atoms with Gasteiger partial charge in [0.15, 0.2) is 0 Å². The quantitative estimate of drug-likeness (QED) is 0.795. The Hall–Kier alpha value is -2.24. The molecule has 0 saturated heterocycles. The summed E-state index contributed by atoms with van der Waals surface area (Å²) < 4.78 is 15.7. The molecular weight excluding hydrogens is 317 g/mol. The molecular formula is C17H15ClFN3O. The summed E-state index contributed by atoms with van der Waals surface area (Å²) in [4.78, 5) is 0. The van der Waals surface area contributed by atoms with Crippen LogP contribution in [-0.4, -0.2) is 20.1 Å². The molecule has 0 amide bonds. The van der Waals surface area contributed by atoms with Crippen LogP contribution in [0.5, 0.6) is 0 Å². The second kappa shape index (κ2) is 6.48. The molecule has 0 fully saturated rings. The van der Waals surface area contributed by atoms with Crippen LogP contribution in [0.3, 0.4) is 0 Å². The maximum atomic E-state index is 14.1. The Kier molecular flexibility index (Phi) is 4.41. The average molecular weight is 332 g/mol. The normalized spacial score (nSPS) is 11.0. The van der Waals surface area contributed by atoms with Gasteiger partial charge in [0.1, 0.15) is 11.5 Å². The van der Waals surface area contributed by atoms with Crippen molar-refractivity contribution in [2.75, 3.05) is 0 Å². The lowest BCUT2D eigenvalue weighted by Crippen LogP contribution is -2.00. The molecule has 0 spiro atoms. The van der Waals surface area contributed by atoms with Gasteiger partial charge in [0.2, 0.25) is 0 Å². The Morgan fingerprint density at radius 1 is 1.13 bits per heavy atom. The van der Waals surface area contributed by atoms with Crippen LogP contribution in [0.1, 0.15) is 16.7 Å². The molecule has 0 aliphatic heterocycles. The van der Waals surface area contributed by atoms with Gasteiger partial charge in [-0.15, -0.1) is 5.10 Å². The van der Waals surface area contributed by atoms with Crippen LogP contribution < -0.4 is 0 Å². The SMILES string of the molecule is Cc1ccc(F)c(-c2cn(Cc3ccc(CO)cc3)nn2)c1Cl. The maximum Gasteiger partial charge on any atom is 0.134 e. The zero-order valence-electron chi connectivity index (χ0n) is 12.5. The summed E-state index contributed by atoms with van der Waals surface area (Å²) >= 11 is 6.20. The Bertz CT molecular complexity index is 830. The molecule has 0 atom stereocenters. The largest absolute Gasteiger partial charge is 0.392 e.